The van der Waals surface area contributed by atoms with Crippen molar-refractivity contribution in [2.24, 2.45) is 0 Å². The highest BCUT2D eigenvalue weighted by Gasteiger charge is 2.48. The Morgan fingerprint density at radius 1 is 1.09 bits per heavy atom. The molecule has 1 saturated heterocycles. The molecule has 1 aliphatic rings. The number of aryl methyl sites for hydroxylation is 1. The van der Waals surface area contributed by atoms with E-state index < -0.39 is 23.5 Å². The van der Waals surface area contributed by atoms with Gasteiger partial charge in [-0.05, 0) is 66.1 Å². The van der Waals surface area contributed by atoms with E-state index in [-0.39, 0.29) is 11.3 Å². The third kappa shape index (κ3) is 3.95. The van der Waals surface area contributed by atoms with Gasteiger partial charge in [0.15, 0.2) is 5.13 Å². The number of halogens is 1. The largest absolute Gasteiger partial charge is 0.507 e. The molecule has 1 aliphatic heterocycles. The summed E-state index contributed by atoms with van der Waals surface area (Å²) < 4.78 is 19.8. The fourth-order valence-electron chi connectivity index (χ4n) is 4.17. The molecule has 0 unspecified atom stereocenters. The van der Waals surface area contributed by atoms with Crippen LogP contribution >= 0.6 is 11.3 Å². The molecule has 3 aromatic carbocycles. The van der Waals surface area contributed by atoms with Gasteiger partial charge in [-0.2, -0.15) is 0 Å². The van der Waals surface area contributed by atoms with Crippen LogP contribution in [0.1, 0.15) is 29.7 Å². The van der Waals surface area contributed by atoms with Crippen molar-refractivity contribution in [2.75, 3.05) is 12.0 Å². The SMILES string of the molecule is CCc1ccc2nc(N3C(=O)C(=O)/C(=C(/O)c4ccc(OC)cc4)[C@H]3c3ccc(F)cc3)sc2c1. The highest BCUT2D eigenvalue weighted by atomic mass is 32.1. The van der Waals surface area contributed by atoms with Crippen LogP contribution < -0.4 is 9.64 Å². The number of fused-ring (bicyclic) bond motifs is 1. The van der Waals surface area contributed by atoms with Crippen molar-refractivity contribution in [3.63, 3.8) is 0 Å². The third-order valence-electron chi connectivity index (χ3n) is 6.05. The molecule has 0 saturated carbocycles. The maximum atomic E-state index is 13.7. The summed E-state index contributed by atoms with van der Waals surface area (Å²) in [5.74, 6) is -1.83. The van der Waals surface area contributed by atoms with Gasteiger partial charge < -0.3 is 9.84 Å². The van der Waals surface area contributed by atoms with Gasteiger partial charge in [-0.15, -0.1) is 0 Å². The minimum absolute atomic E-state index is 0.0831. The molecule has 1 amide bonds. The molecule has 0 bridgehead atoms. The van der Waals surface area contributed by atoms with E-state index in [2.05, 4.69) is 11.9 Å². The molecule has 0 aliphatic carbocycles. The molecule has 35 heavy (non-hydrogen) atoms. The molecule has 1 fully saturated rings. The number of aliphatic hydroxyl groups excluding tert-OH is 1. The Balaban J connectivity index is 1.69. The van der Waals surface area contributed by atoms with Crippen molar-refractivity contribution < 1.29 is 23.8 Å². The Morgan fingerprint density at radius 2 is 1.80 bits per heavy atom. The second kappa shape index (κ2) is 8.96. The lowest BCUT2D eigenvalue weighted by Crippen LogP contribution is -2.29. The summed E-state index contributed by atoms with van der Waals surface area (Å²) in [4.78, 5) is 32.5. The highest BCUT2D eigenvalue weighted by Crippen LogP contribution is 2.44. The van der Waals surface area contributed by atoms with Crippen molar-refractivity contribution >= 4 is 44.1 Å². The van der Waals surface area contributed by atoms with Gasteiger partial charge in [0.2, 0.25) is 0 Å². The van der Waals surface area contributed by atoms with Crippen LogP contribution in [0.2, 0.25) is 0 Å². The van der Waals surface area contributed by atoms with Crippen LogP contribution in [0.5, 0.6) is 5.75 Å². The average Bonchev–Trinajstić information content (AvgIpc) is 3.41. The van der Waals surface area contributed by atoms with Gasteiger partial charge in [-0.1, -0.05) is 36.5 Å². The second-order valence-corrected chi connectivity index (χ2v) is 9.11. The predicted molar refractivity (Wildman–Crippen MR) is 133 cm³/mol. The number of nitrogens with zero attached hydrogens (tertiary/aromatic N) is 2. The molecule has 176 valence electrons. The van der Waals surface area contributed by atoms with Crippen LogP contribution in [0.3, 0.4) is 0 Å². The average molecular weight is 489 g/mol. The smallest absolute Gasteiger partial charge is 0.301 e. The van der Waals surface area contributed by atoms with Crippen LogP contribution in [0.25, 0.3) is 16.0 Å². The zero-order chi connectivity index (χ0) is 24.7. The molecule has 0 radical (unpaired) electrons. The van der Waals surface area contributed by atoms with E-state index in [1.807, 2.05) is 18.2 Å². The Bertz CT molecular complexity index is 1480. The number of Topliss-reactive ketones (excluding diaryl/α,β-unsaturated/α-hetero) is 1. The summed E-state index contributed by atoms with van der Waals surface area (Å²) in [6.07, 6.45) is 0.852. The van der Waals surface area contributed by atoms with E-state index >= 15 is 0 Å². The molecule has 0 spiro atoms. The second-order valence-electron chi connectivity index (χ2n) is 8.10. The van der Waals surface area contributed by atoms with Crippen LogP contribution in [0, 0.1) is 5.82 Å². The van der Waals surface area contributed by atoms with E-state index in [1.54, 1.807) is 24.3 Å². The molecule has 2 heterocycles. The minimum Gasteiger partial charge on any atom is -0.507 e. The van der Waals surface area contributed by atoms with E-state index in [4.69, 9.17) is 4.74 Å². The Morgan fingerprint density at radius 3 is 2.46 bits per heavy atom. The van der Waals surface area contributed by atoms with Crippen LogP contribution in [-0.2, 0) is 16.0 Å². The number of benzene rings is 3. The zero-order valence-corrected chi connectivity index (χ0v) is 19.8. The molecular formula is C27H21FN2O4S. The van der Waals surface area contributed by atoms with Crippen LogP contribution in [0.15, 0.2) is 72.3 Å². The quantitative estimate of drug-likeness (QED) is 0.224. The number of aliphatic hydroxyl groups is 1. The van der Waals surface area contributed by atoms with E-state index in [9.17, 15) is 19.1 Å². The lowest BCUT2D eigenvalue weighted by Gasteiger charge is -2.23. The number of carbonyl (C=O) groups is 2. The van der Waals surface area contributed by atoms with Crippen molar-refractivity contribution in [1.29, 1.82) is 0 Å². The first-order chi connectivity index (χ1) is 16.9. The van der Waals surface area contributed by atoms with Gasteiger partial charge in [-0.25, -0.2) is 9.37 Å². The van der Waals surface area contributed by atoms with Gasteiger partial charge >= 0.3 is 5.91 Å². The summed E-state index contributed by atoms with van der Waals surface area (Å²) in [6, 6.07) is 16.9. The Labute approximate surface area is 204 Å². The third-order valence-corrected chi connectivity index (χ3v) is 7.07. The molecule has 5 rings (SSSR count). The number of aromatic nitrogens is 1. The fraction of sp³-hybridized carbons (Fsp3) is 0.148. The van der Waals surface area contributed by atoms with E-state index in [0.717, 1.165) is 16.7 Å². The summed E-state index contributed by atoms with van der Waals surface area (Å²) in [7, 11) is 1.52. The minimum atomic E-state index is -0.969. The number of rotatable bonds is 5. The zero-order valence-electron chi connectivity index (χ0n) is 19.0. The molecule has 8 heteroatoms. The number of carbonyl (C=O) groups excluding carboxylic acids is 2. The molecular weight excluding hydrogens is 467 g/mol. The monoisotopic (exact) mass is 488 g/mol. The first-order valence-electron chi connectivity index (χ1n) is 11.0. The maximum Gasteiger partial charge on any atom is 0.301 e. The number of ether oxygens (including phenoxy) is 1. The number of amides is 1. The Hall–Kier alpha value is -4.04. The van der Waals surface area contributed by atoms with Gasteiger partial charge in [0.1, 0.15) is 17.3 Å². The molecule has 1 N–H and O–H groups in total. The maximum absolute atomic E-state index is 13.7. The lowest BCUT2D eigenvalue weighted by molar-refractivity contribution is -0.132. The van der Waals surface area contributed by atoms with Crippen molar-refractivity contribution in [3.8, 4) is 5.75 Å². The van der Waals surface area contributed by atoms with Gasteiger partial charge in [0, 0.05) is 5.56 Å². The first kappa shape index (κ1) is 22.7. The predicted octanol–water partition coefficient (Wildman–Crippen LogP) is 5.63. The van der Waals surface area contributed by atoms with Gasteiger partial charge in [-0.3, -0.25) is 14.5 Å². The van der Waals surface area contributed by atoms with Crippen molar-refractivity contribution in [1.82, 2.24) is 4.98 Å². The van der Waals surface area contributed by atoms with Gasteiger partial charge in [0.25, 0.3) is 5.78 Å². The van der Waals surface area contributed by atoms with E-state index in [0.29, 0.717) is 27.5 Å². The van der Waals surface area contributed by atoms with Crippen LogP contribution in [-0.4, -0.2) is 28.9 Å². The summed E-state index contributed by atoms with van der Waals surface area (Å²) in [5, 5.41) is 11.5. The van der Waals surface area contributed by atoms with Crippen molar-refractivity contribution in [2.45, 2.75) is 19.4 Å². The topological polar surface area (TPSA) is 79.7 Å². The van der Waals surface area contributed by atoms with Crippen molar-refractivity contribution in [3.05, 3.63) is 94.8 Å². The standard InChI is InChI=1S/C27H21FN2O4S/c1-3-15-4-13-20-21(14-15)35-27(29-20)30-23(16-5-9-18(28)10-6-16)22(25(32)26(30)33)24(31)17-7-11-19(34-2)12-8-17/h4-14,23,31H,3H2,1-2H3/b24-22+/t23-/m1/s1. The highest BCUT2D eigenvalue weighted by molar-refractivity contribution is 7.22. The number of methoxy groups -OCH3 is 1. The Kier molecular flexibility index (Phi) is 5.82. The molecule has 1 atom stereocenters. The summed E-state index contributed by atoms with van der Waals surface area (Å²) >= 11 is 1.29. The normalized spacial score (nSPS) is 17.3. The molecule has 1 aromatic heterocycles. The number of hydrogen-bond donors (Lipinski definition) is 1. The fourth-order valence-corrected chi connectivity index (χ4v) is 5.23. The van der Waals surface area contributed by atoms with E-state index in [1.165, 1.54) is 47.6 Å². The number of hydrogen-bond acceptors (Lipinski definition) is 6. The first-order valence-corrected chi connectivity index (χ1v) is 11.8. The lowest BCUT2D eigenvalue weighted by atomic mass is 9.95. The molecule has 6 nitrogen and oxygen atoms in total. The number of ketones is 1. The molecule has 4 aromatic rings. The summed E-state index contributed by atoms with van der Waals surface area (Å²) in [6.45, 7) is 2.05. The van der Waals surface area contributed by atoms with Crippen LogP contribution in [0.4, 0.5) is 9.52 Å². The number of thiazole rings is 1. The van der Waals surface area contributed by atoms with Gasteiger partial charge in [0.05, 0.1) is 28.9 Å². The number of anilines is 1. The summed E-state index contributed by atoms with van der Waals surface area (Å²) in [5.41, 5.74) is 2.59.